The van der Waals surface area contributed by atoms with Crippen molar-refractivity contribution in [2.45, 2.75) is 52.4 Å². The molecule has 4 nitrogen and oxygen atoms in total. The van der Waals surface area contributed by atoms with Crippen LogP contribution >= 0.6 is 0 Å². The number of rotatable bonds is 4. The van der Waals surface area contributed by atoms with Gasteiger partial charge in [0, 0.05) is 17.2 Å². The smallest absolute Gasteiger partial charge is 0.173 e. The van der Waals surface area contributed by atoms with Gasteiger partial charge in [0.15, 0.2) is 11.5 Å². The van der Waals surface area contributed by atoms with Crippen molar-refractivity contribution in [3.63, 3.8) is 0 Å². The Balaban J connectivity index is 2.59. The molecule has 0 fully saturated rings. The molecule has 2 rings (SSSR count). The normalized spacial score (nSPS) is 12.0. The van der Waals surface area contributed by atoms with Crippen LogP contribution in [0.1, 0.15) is 52.7 Å². The molecule has 0 atom stereocenters. The molecule has 0 aromatic heterocycles. The van der Waals surface area contributed by atoms with Crippen molar-refractivity contribution in [1.82, 2.24) is 0 Å². The quantitative estimate of drug-likeness (QED) is 0.751. The highest BCUT2D eigenvalue weighted by molar-refractivity contribution is 5.56. The number of methoxy groups -OCH3 is 2. The van der Waals surface area contributed by atoms with Crippen molar-refractivity contribution in [2.75, 3.05) is 14.2 Å². The third-order valence-electron chi connectivity index (χ3n) is 4.31. The molecule has 0 unspecified atom stereocenters. The fraction of sp³-hybridized carbons (Fsp3) is 0.455. The Morgan fingerprint density at radius 3 is 1.73 bits per heavy atom. The molecule has 0 spiro atoms. The van der Waals surface area contributed by atoms with Gasteiger partial charge in [-0.05, 0) is 35.1 Å². The Hall–Kier alpha value is -2.36. The molecule has 0 aliphatic rings. The van der Waals surface area contributed by atoms with E-state index >= 15 is 0 Å². The maximum Gasteiger partial charge on any atom is 0.173 e. The number of hydrogen-bond acceptors (Lipinski definition) is 4. The fourth-order valence-corrected chi connectivity index (χ4v) is 2.78. The summed E-state index contributed by atoms with van der Waals surface area (Å²) in [5.74, 6) is 2.61. The average Bonchev–Trinajstić information content (AvgIpc) is 2.54. The predicted molar refractivity (Wildman–Crippen MR) is 105 cm³/mol. The summed E-state index contributed by atoms with van der Waals surface area (Å²) < 4.78 is 16.9. The van der Waals surface area contributed by atoms with Crippen LogP contribution in [0.15, 0.2) is 30.3 Å². The third kappa shape index (κ3) is 4.24. The standard InChI is InChI=1S/C22H30O4/c1-21(2,3)16-11-14(24-7)9-10-18(16)26-19-13-15(25-8)12-17(20(19)23)22(4,5)6/h9-13,23H,1-8H3. The van der Waals surface area contributed by atoms with Gasteiger partial charge in [0.1, 0.15) is 17.2 Å². The fourth-order valence-electron chi connectivity index (χ4n) is 2.78. The molecule has 0 saturated heterocycles. The third-order valence-corrected chi connectivity index (χ3v) is 4.31. The predicted octanol–water partition coefficient (Wildman–Crippen LogP) is 5.80. The topological polar surface area (TPSA) is 47.9 Å². The van der Waals surface area contributed by atoms with Crippen molar-refractivity contribution in [1.29, 1.82) is 0 Å². The van der Waals surface area contributed by atoms with Crippen LogP contribution < -0.4 is 14.2 Å². The SMILES string of the molecule is COc1ccc(Oc2cc(OC)cc(C(C)(C)C)c2O)c(C(C)(C)C)c1. The molecule has 0 aliphatic carbocycles. The van der Waals surface area contributed by atoms with Gasteiger partial charge in [-0.25, -0.2) is 0 Å². The zero-order valence-electron chi connectivity index (χ0n) is 17.1. The average molecular weight is 358 g/mol. The van der Waals surface area contributed by atoms with E-state index in [1.165, 1.54) is 0 Å². The summed E-state index contributed by atoms with van der Waals surface area (Å²) in [7, 11) is 3.25. The van der Waals surface area contributed by atoms with Gasteiger partial charge in [-0.2, -0.15) is 0 Å². The molecule has 142 valence electrons. The van der Waals surface area contributed by atoms with E-state index in [9.17, 15) is 5.11 Å². The summed E-state index contributed by atoms with van der Waals surface area (Å²) in [6, 6.07) is 9.25. The van der Waals surface area contributed by atoms with Crippen molar-refractivity contribution in [2.24, 2.45) is 0 Å². The Kier molecular flexibility index (Phi) is 5.45. The van der Waals surface area contributed by atoms with Crippen molar-refractivity contribution >= 4 is 0 Å². The summed E-state index contributed by atoms with van der Waals surface area (Å²) in [6.45, 7) is 12.5. The zero-order chi connectivity index (χ0) is 19.7. The lowest BCUT2D eigenvalue weighted by Crippen LogP contribution is -2.14. The highest BCUT2D eigenvalue weighted by atomic mass is 16.5. The number of hydrogen-bond donors (Lipinski definition) is 1. The summed E-state index contributed by atoms with van der Waals surface area (Å²) in [5, 5.41) is 10.8. The number of aromatic hydroxyl groups is 1. The molecular formula is C22H30O4. The van der Waals surface area contributed by atoms with Gasteiger partial charge in [0.2, 0.25) is 0 Å². The van der Waals surface area contributed by atoms with Crippen LogP contribution in [0.4, 0.5) is 0 Å². The minimum Gasteiger partial charge on any atom is -0.504 e. The molecule has 0 bridgehead atoms. The highest BCUT2D eigenvalue weighted by Crippen LogP contribution is 2.44. The molecule has 0 radical (unpaired) electrons. The minimum absolute atomic E-state index is 0.133. The summed E-state index contributed by atoms with van der Waals surface area (Å²) in [5.41, 5.74) is 1.38. The van der Waals surface area contributed by atoms with E-state index < -0.39 is 0 Å². The minimum atomic E-state index is -0.247. The molecule has 1 N–H and O–H groups in total. The van der Waals surface area contributed by atoms with Gasteiger partial charge in [0.25, 0.3) is 0 Å². The van der Waals surface area contributed by atoms with Gasteiger partial charge in [0.05, 0.1) is 14.2 Å². The lowest BCUT2D eigenvalue weighted by atomic mass is 9.85. The van der Waals surface area contributed by atoms with Crippen LogP contribution in [0, 0.1) is 0 Å². The molecule has 0 saturated carbocycles. The second-order valence-electron chi connectivity index (χ2n) is 8.49. The van der Waals surface area contributed by atoms with Crippen LogP contribution in [0.25, 0.3) is 0 Å². The Bertz CT molecular complexity index is 780. The van der Waals surface area contributed by atoms with E-state index in [0.717, 1.165) is 16.9 Å². The van der Waals surface area contributed by atoms with Gasteiger partial charge >= 0.3 is 0 Å². The number of phenols is 1. The lowest BCUT2D eigenvalue weighted by Gasteiger charge is -2.25. The first-order chi connectivity index (χ1) is 12.0. The van der Waals surface area contributed by atoms with Gasteiger partial charge in [-0.3, -0.25) is 0 Å². The second kappa shape index (κ2) is 7.10. The van der Waals surface area contributed by atoms with E-state index in [1.54, 1.807) is 20.3 Å². The number of phenolic OH excluding ortho intramolecular Hbond substituents is 1. The van der Waals surface area contributed by atoms with E-state index in [1.807, 2.05) is 45.0 Å². The summed E-state index contributed by atoms with van der Waals surface area (Å²) in [6.07, 6.45) is 0. The second-order valence-corrected chi connectivity index (χ2v) is 8.49. The molecule has 26 heavy (non-hydrogen) atoms. The summed E-state index contributed by atoms with van der Waals surface area (Å²) in [4.78, 5) is 0. The number of ether oxygens (including phenoxy) is 3. The van der Waals surface area contributed by atoms with E-state index in [0.29, 0.717) is 17.2 Å². The molecule has 0 aliphatic heterocycles. The molecule has 2 aromatic carbocycles. The van der Waals surface area contributed by atoms with Gasteiger partial charge < -0.3 is 19.3 Å². The highest BCUT2D eigenvalue weighted by Gasteiger charge is 2.25. The Labute approximate surface area is 156 Å². The number of benzene rings is 2. The summed E-state index contributed by atoms with van der Waals surface area (Å²) >= 11 is 0. The monoisotopic (exact) mass is 358 g/mol. The van der Waals surface area contributed by atoms with Crippen LogP contribution in [-0.4, -0.2) is 19.3 Å². The van der Waals surface area contributed by atoms with Crippen molar-refractivity contribution in [3.05, 3.63) is 41.5 Å². The molecule has 4 heteroatoms. The van der Waals surface area contributed by atoms with E-state index in [4.69, 9.17) is 14.2 Å². The van der Waals surface area contributed by atoms with Crippen LogP contribution in [0.5, 0.6) is 28.7 Å². The Morgan fingerprint density at radius 1 is 0.692 bits per heavy atom. The Morgan fingerprint density at radius 2 is 1.23 bits per heavy atom. The first kappa shape index (κ1) is 20.0. The largest absolute Gasteiger partial charge is 0.504 e. The van der Waals surface area contributed by atoms with Gasteiger partial charge in [-0.1, -0.05) is 41.5 Å². The maximum atomic E-state index is 10.8. The van der Waals surface area contributed by atoms with E-state index in [2.05, 4.69) is 20.8 Å². The first-order valence-electron chi connectivity index (χ1n) is 8.75. The van der Waals surface area contributed by atoms with Gasteiger partial charge in [-0.15, -0.1) is 0 Å². The van der Waals surface area contributed by atoms with Crippen molar-refractivity contribution < 1.29 is 19.3 Å². The van der Waals surface area contributed by atoms with Crippen LogP contribution in [0.3, 0.4) is 0 Å². The molecule has 0 heterocycles. The zero-order valence-corrected chi connectivity index (χ0v) is 17.1. The molecular weight excluding hydrogens is 328 g/mol. The first-order valence-corrected chi connectivity index (χ1v) is 8.75. The lowest BCUT2D eigenvalue weighted by molar-refractivity contribution is 0.373. The van der Waals surface area contributed by atoms with Crippen molar-refractivity contribution in [3.8, 4) is 28.7 Å². The molecule has 2 aromatic rings. The van der Waals surface area contributed by atoms with Crippen LogP contribution in [0.2, 0.25) is 0 Å². The van der Waals surface area contributed by atoms with Crippen LogP contribution in [-0.2, 0) is 10.8 Å². The van der Waals surface area contributed by atoms with E-state index in [-0.39, 0.29) is 16.6 Å². The molecule has 0 amide bonds. The maximum absolute atomic E-state index is 10.8.